The molecule has 1 fully saturated rings. The number of carbonyl (C=O) groups excluding carboxylic acids is 2. The molecule has 6 heteroatoms. The lowest BCUT2D eigenvalue weighted by Crippen LogP contribution is -2.61. The van der Waals surface area contributed by atoms with Crippen LogP contribution >= 0.6 is 0 Å². The first-order chi connectivity index (χ1) is 11.7. The lowest BCUT2D eigenvalue weighted by atomic mass is 9.91. The van der Waals surface area contributed by atoms with Crippen molar-refractivity contribution in [3.8, 4) is 11.5 Å². The Morgan fingerprint density at radius 3 is 2.48 bits per heavy atom. The second kappa shape index (κ2) is 6.33. The van der Waals surface area contributed by atoms with E-state index < -0.39 is 6.04 Å². The van der Waals surface area contributed by atoms with Crippen LogP contribution in [0.3, 0.4) is 0 Å². The van der Waals surface area contributed by atoms with Gasteiger partial charge in [-0.15, -0.1) is 0 Å². The zero-order chi connectivity index (χ0) is 18.4. The first-order valence-corrected chi connectivity index (χ1v) is 8.64. The molecular weight excluding hydrogens is 320 g/mol. The van der Waals surface area contributed by atoms with Crippen LogP contribution < -0.4 is 9.47 Å². The molecule has 0 N–H and O–H groups in total. The van der Waals surface area contributed by atoms with Gasteiger partial charge in [-0.25, -0.2) is 0 Å². The Kier molecular flexibility index (Phi) is 4.49. The van der Waals surface area contributed by atoms with Crippen molar-refractivity contribution in [1.29, 1.82) is 0 Å². The molecule has 2 heterocycles. The number of nitrogens with zero attached hydrogens (tertiary/aromatic N) is 2. The van der Waals surface area contributed by atoms with E-state index in [4.69, 9.17) is 9.47 Å². The number of Topliss-reactive ketones (excluding diaryl/α,β-unsaturated/α-hetero) is 1. The van der Waals surface area contributed by atoms with Crippen LogP contribution in [0.15, 0.2) is 18.2 Å². The molecule has 1 atom stereocenters. The summed E-state index contributed by atoms with van der Waals surface area (Å²) < 4.78 is 10.6. The summed E-state index contributed by atoms with van der Waals surface area (Å²) in [5, 5.41) is 0. The average molecular weight is 346 g/mol. The fourth-order valence-electron chi connectivity index (χ4n) is 3.13. The number of carbonyl (C=O) groups is 2. The van der Waals surface area contributed by atoms with Crippen molar-refractivity contribution in [2.75, 3.05) is 26.9 Å². The van der Waals surface area contributed by atoms with Crippen LogP contribution in [-0.4, -0.2) is 60.0 Å². The van der Waals surface area contributed by atoms with Crippen LogP contribution in [0.25, 0.3) is 0 Å². The highest BCUT2D eigenvalue weighted by Crippen LogP contribution is 2.33. The van der Waals surface area contributed by atoms with Gasteiger partial charge < -0.3 is 14.4 Å². The summed E-state index contributed by atoms with van der Waals surface area (Å²) in [7, 11) is 1.71. The Morgan fingerprint density at radius 1 is 1.20 bits per heavy atom. The maximum absolute atomic E-state index is 12.7. The first kappa shape index (κ1) is 17.7. The number of likely N-dealkylation sites (tertiary alicyclic amines) is 1. The molecule has 25 heavy (non-hydrogen) atoms. The molecule has 3 rings (SSSR count). The number of ketones is 1. The minimum absolute atomic E-state index is 0.0297. The lowest BCUT2D eigenvalue weighted by Gasteiger charge is -2.48. The average Bonchev–Trinajstić information content (AvgIpc) is 2.97. The Labute approximate surface area is 148 Å². The van der Waals surface area contributed by atoms with Crippen molar-refractivity contribution >= 4 is 11.7 Å². The van der Waals surface area contributed by atoms with Crippen molar-refractivity contribution in [1.82, 2.24) is 9.80 Å². The quantitative estimate of drug-likeness (QED) is 0.782. The molecule has 0 spiro atoms. The van der Waals surface area contributed by atoms with Crippen molar-refractivity contribution in [3.63, 3.8) is 0 Å². The molecule has 2 aliphatic heterocycles. The maximum Gasteiger partial charge on any atom is 0.231 e. The lowest BCUT2D eigenvalue weighted by molar-refractivity contribution is -0.143. The third-order valence-electron chi connectivity index (χ3n) is 5.14. The van der Waals surface area contributed by atoms with Gasteiger partial charge in [-0.1, -0.05) is 0 Å². The van der Waals surface area contributed by atoms with E-state index >= 15 is 0 Å². The summed E-state index contributed by atoms with van der Waals surface area (Å²) in [6.07, 6.45) is 0. The van der Waals surface area contributed by atoms with Crippen molar-refractivity contribution in [2.45, 2.75) is 39.3 Å². The van der Waals surface area contributed by atoms with E-state index in [0.717, 1.165) is 13.1 Å². The van der Waals surface area contributed by atoms with Gasteiger partial charge >= 0.3 is 0 Å². The molecule has 6 nitrogen and oxygen atoms in total. The molecular formula is C19H26N2O4. The van der Waals surface area contributed by atoms with E-state index in [1.54, 1.807) is 37.1 Å². The molecule has 1 aromatic carbocycles. The van der Waals surface area contributed by atoms with Gasteiger partial charge in [0.2, 0.25) is 12.7 Å². The Morgan fingerprint density at radius 2 is 1.84 bits per heavy atom. The third kappa shape index (κ3) is 3.35. The zero-order valence-electron chi connectivity index (χ0n) is 15.5. The standard InChI is InChI=1S/C19H26N2O4/c1-12(17(22)13-6-7-15-16(8-13)25-11-24-15)20(5)18(23)14-9-21(10-14)19(2,3)4/h6-8,12,14H,9-11H2,1-5H3/t12-/m0/s1. The first-order valence-electron chi connectivity index (χ1n) is 8.64. The number of benzene rings is 1. The number of hydrogen-bond donors (Lipinski definition) is 0. The van der Waals surface area contributed by atoms with Crippen molar-refractivity contribution < 1.29 is 19.1 Å². The van der Waals surface area contributed by atoms with Gasteiger partial charge in [0.1, 0.15) is 0 Å². The van der Waals surface area contributed by atoms with Crippen LogP contribution in [0.1, 0.15) is 38.1 Å². The Balaban J connectivity index is 1.63. The van der Waals surface area contributed by atoms with Crippen LogP contribution in [0.4, 0.5) is 0 Å². The molecule has 2 aliphatic rings. The molecule has 0 aliphatic carbocycles. The molecule has 0 saturated carbocycles. The van der Waals surface area contributed by atoms with Crippen LogP contribution in [0.5, 0.6) is 11.5 Å². The number of likely N-dealkylation sites (N-methyl/N-ethyl adjacent to an activating group) is 1. The van der Waals surface area contributed by atoms with Crippen LogP contribution in [0, 0.1) is 5.92 Å². The predicted octanol–water partition coefficient (Wildman–Crippen LogP) is 2.18. The highest BCUT2D eigenvalue weighted by atomic mass is 16.7. The van der Waals surface area contributed by atoms with E-state index in [9.17, 15) is 9.59 Å². The van der Waals surface area contributed by atoms with Gasteiger partial charge in [0, 0.05) is 31.2 Å². The van der Waals surface area contributed by atoms with Crippen molar-refractivity contribution in [3.05, 3.63) is 23.8 Å². The Bertz CT molecular complexity index is 689. The van der Waals surface area contributed by atoms with Gasteiger partial charge in [0.15, 0.2) is 17.3 Å². The molecule has 0 bridgehead atoms. The highest BCUT2D eigenvalue weighted by molar-refractivity contribution is 6.02. The van der Waals surface area contributed by atoms with Gasteiger partial charge in [0.25, 0.3) is 0 Å². The fraction of sp³-hybridized carbons (Fsp3) is 0.579. The number of hydrogen-bond acceptors (Lipinski definition) is 5. The SMILES string of the molecule is C[C@@H](C(=O)c1ccc2c(c1)OCO2)N(C)C(=O)C1CN(C(C)(C)C)C1. The molecule has 0 radical (unpaired) electrons. The zero-order valence-corrected chi connectivity index (χ0v) is 15.5. The number of fused-ring (bicyclic) bond motifs is 1. The number of amides is 1. The number of ether oxygens (including phenoxy) is 2. The fourth-order valence-corrected chi connectivity index (χ4v) is 3.13. The topological polar surface area (TPSA) is 59.1 Å². The minimum atomic E-state index is -0.517. The van der Waals surface area contributed by atoms with Crippen LogP contribution in [0.2, 0.25) is 0 Å². The van der Waals surface area contributed by atoms with E-state index in [-0.39, 0.29) is 29.9 Å². The molecule has 1 saturated heterocycles. The molecule has 1 amide bonds. The number of rotatable bonds is 4. The summed E-state index contributed by atoms with van der Waals surface area (Å²) >= 11 is 0. The van der Waals surface area contributed by atoms with Crippen LogP contribution in [-0.2, 0) is 4.79 Å². The third-order valence-corrected chi connectivity index (χ3v) is 5.14. The molecule has 1 aromatic rings. The summed E-state index contributed by atoms with van der Waals surface area (Å²) in [4.78, 5) is 29.2. The normalized spacial score (nSPS) is 18.6. The maximum atomic E-state index is 12.7. The van der Waals surface area contributed by atoms with E-state index in [2.05, 4.69) is 25.7 Å². The van der Waals surface area contributed by atoms with Gasteiger partial charge in [-0.05, 0) is 45.9 Å². The molecule has 0 aromatic heterocycles. The summed E-state index contributed by atoms with van der Waals surface area (Å²) in [5.41, 5.74) is 0.602. The predicted molar refractivity (Wildman–Crippen MR) is 93.9 cm³/mol. The Hall–Kier alpha value is -2.08. The van der Waals surface area contributed by atoms with E-state index in [0.29, 0.717) is 17.1 Å². The summed E-state index contributed by atoms with van der Waals surface area (Å²) in [6, 6.07) is 4.62. The monoisotopic (exact) mass is 346 g/mol. The molecule has 136 valence electrons. The molecule has 0 unspecified atom stereocenters. The summed E-state index contributed by atoms with van der Waals surface area (Å²) in [5.74, 6) is 1.12. The van der Waals surface area contributed by atoms with Crippen molar-refractivity contribution in [2.24, 2.45) is 5.92 Å². The van der Waals surface area contributed by atoms with Gasteiger partial charge in [0.05, 0.1) is 12.0 Å². The highest BCUT2D eigenvalue weighted by Gasteiger charge is 2.40. The largest absolute Gasteiger partial charge is 0.454 e. The van der Waals surface area contributed by atoms with Gasteiger partial charge in [-0.2, -0.15) is 0 Å². The van der Waals surface area contributed by atoms with E-state index in [1.165, 1.54) is 0 Å². The smallest absolute Gasteiger partial charge is 0.231 e. The summed E-state index contributed by atoms with van der Waals surface area (Å²) in [6.45, 7) is 9.86. The van der Waals surface area contributed by atoms with Gasteiger partial charge in [-0.3, -0.25) is 14.5 Å². The minimum Gasteiger partial charge on any atom is -0.454 e. The second-order valence-corrected chi connectivity index (χ2v) is 7.83. The van der Waals surface area contributed by atoms with E-state index in [1.807, 2.05) is 0 Å². The second-order valence-electron chi connectivity index (χ2n) is 7.83.